The van der Waals surface area contributed by atoms with Crippen LogP contribution in [0.4, 0.5) is 18.9 Å². The Bertz CT molecular complexity index is 535. The Morgan fingerprint density at radius 1 is 1.39 bits per heavy atom. The molecule has 0 fully saturated rings. The average molecular weight is 259 g/mol. The Labute approximate surface area is 99.5 Å². The monoisotopic (exact) mass is 259 g/mol. The van der Waals surface area contributed by atoms with Crippen molar-refractivity contribution in [2.75, 3.05) is 5.73 Å². The van der Waals surface area contributed by atoms with Gasteiger partial charge in [0.25, 0.3) is 0 Å². The van der Waals surface area contributed by atoms with Crippen LogP contribution in [0.1, 0.15) is 31.8 Å². The quantitative estimate of drug-likeness (QED) is 0.645. The maximum atomic E-state index is 12.7. The molecule has 1 rings (SSSR count). The number of aromatic carboxylic acids is 1. The standard InChI is InChI=1S/C11H8F3NO3/c1-2-5-7(4-16)8(11(12,13)14)3-6(9(5)15)10(17)18/h2-4H,1,15H2,(H,17,18). The van der Waals surface area contributed by atoms with Crippen molar-refractivity contribution in [3.8, 4) is 0 Å². The molecule has 0 heterocycles. The Hall–Kier alpha value is -2.31. The first kappa shape index (κ1) is 13.8. The van der Waals surface area contributed by atoms with Gasteiger partial charge in [-0.05, 0) is 6.07 Å². The largest absolute Gasteiger partial charge is 0.478 e. The zero-order valence-electron chi connectivity index (χ0n) is 8.91. The maximum absolute atomic E-state index is 12.7. The summed E-state index contributed by atoms with van der Waals surface area (Å²) in [7, 11) is 0. The molecule has 0 bridgehead atoms. The van der Waals surface area contributed by atoms with Gasteiger partial charge in [0, 0.05) is 11.1 Å². The third-order valence-electron chi connectivity index (χ3n) is 2.31. The van der Waals surface area contributed by atoms with Crippen LogP contribution in [0.2, 0.25) is 0 Å². The van der Waals surface area contributed by atoms with Gasteiger partial charge < -0.3 is 10.8 Å². The molecule has 0 saturated carbocycles. The molecule has 96 valence electrons. The van der Waals surface area contributed by atoms with E-state index in [0.717, 1.165) is 6.08 Å². The minimum Gasteiger partial charge on any atom is -0.478 e. The van der Waals surface area contributed by atoms with E-state index in [2.05, 4.69) is 6.58 Å². The Kier molecular flexibility index (Phi) is 3.45. The van der Waals surface area contributed by atoms with Gasteiger partial charge in [-0.2, -0.15) is 13.2 Å². The number of anilines is 1. The third kappa shape index (κ3) is 2.20. The van der Waals surface area contributed by atoms with Crippen molar-refractivity contribution in [2.45, 2.75) is 6.18 Å². The molecule has 0 atom stereocenters. The Morgan fingerprint density at radius 3 is 2.28 bits per heavy atom. The number of nitrogen functional groups attached to an aromatic ring is 1. The van der Waals surface area contributed by atoms with E-state index in [0.29, 0.717) is 6.07 Å². The van der Waals surface area contributed by atoms with Gasteiger partial charge in [0.2, 0.25) is 0 Å². The molecular weight excluding hydrogens is 251 g/mol. The van der Waals surface area contributed by atoms with Crippen LogP contribution in [0.5, 0.6) is 0 Å². The van der Waals surface area contributed by atoms with Gasteiger partial charge in [0.05, 0.1) is 16.8 Å². The van der Waals surface area contributed by atoms with Crippen molar-refractivity contribution in [3.63, 3.8) is 0 Å². The van der Waals surface area contributed by atoms with Gasteiger partial charge in [0.1, 0.15) is 0 Å². The molecule has 0 radical (unpaired) electrons. The van der Waals surface area contributed by atoms with Crippen LogP contribution in [0.3, 0.4) is 0 Å². The van der Waals surface area contributed by atoms with Crippen molar-refractivity contribution < 1.29 is 27.9 Å². The van der Waals surface area contributed by atoms with E-state index >= 15 is 0 Å². The molecule has 0 unspecified atom stereocenters. The molecule has 0 amide bonds. The third-order valence-corrected chi connectivity index (χ3v) is 2.31. The van der Waals surface area contributed by atoms with E-state index in [1.54, 1.807) is 0 Å². The van der Waals surface area contributed by atoms with Crippen LogP contribution in [-0.2, 0) is 6.18 Å². The fourth-order valence-electron chi connectivity index (χ4n) is 1.49. The van der Waals surface area contributed by atoms with Crippen molar-refractivity contribution in [1.82, 2.24) is 0 Å². The van der Waals surface area contributed by atoms with Crippen LogP contribution in [0.25, 0.3) is 6.08 Å². The van der Waals surface area contributed by atoms with Gasteiger partial charge in [-0.25, -0.2) is 4.79 Å². The zero-order valence-corrected chi connectivity index (χ0v) is 8.91. The van der Waals surface area contributed by atoms with Gasteiger partial charge in [-0.3, -0.25) is 4.79 Å². The van der Waals surface area contributed by atoms with Crippen molar-refractivity contribution in [2.24, 2.45) is 0 Å². The first-order valence-corrected chi connectivity index (χ1v) is 4.58. The summed E-state index contributed by atoms with van der Waals surface area (Å²) in [5.74, 6) is -1.61. The molecule has 7 heteroatoms. The first-order chi connectivity index (χ1) is 8.23. The summed E-state index contributed by atoms with van der Waals surface area (Å²) in [6.45, 7) is 3.22. The molecule has 0 aliphatic carbocycles. The number of carbonyl (C=O) groups excluding carboxylic acids is 1. The number of carboxylic acid groups (broad SMARTS) is 1. The number of nitrogens with two attached hydrogens (primary N) is 1. The molecule has 3 N–H and O–H groups in total. The predicted molar refractivity (Wildman–Crippen MR) is 58.3 cm³/mol. The minimum absolute atomic E-state index is 0.0260. The fraction of sp³-hybridized carbons (Fsp3) is 0.0909. The van der Waals surface area contributed by atoms with Gasteiger partial charge in [-0.1, -0.05) is 12.7 Å². The number of hydrogen-bond acceptors (Lipinski definition) is 3. The molecule has 1 aromatic rings. The highest BCUT2D eigenvalue weighted by atomic mass is 19.4. The SMILES string of the molecule is C=Cc1c(N)c(C(=O)O)cc(C(F)(F)F)c1C=O. The zero-order chi connectivity index (χ0) is 14.1. The summed E-state index contributed by atoms with van der Waals surface area (Å²) in [6.07, 6.45) is -3.96. The lowest BCUT2D eigenvalue weighted by molar-refractivity contribution is -0.137. The lowest BCUT2D eigenvalue weighted by Crippen LogP contribution is -2.15. The van der Waals surface area contributed by atoms with Gasteiger partial charge in [-0.15, -0.1) is 0 Å². The molecule has 0 aliphatic rings. The fourth-order valence-corrected chi connectivity index (χ4v) is 1.49. The van der Waals surface area contributed by atoms with E-state index in [1.807, 2.05) is 0 Å². The van der Waals surface area contributed by atoms with Crippen LogP contribution >= 0.6 is 0 Å². The molecule has 0 saturated heterocycles. The van der Waals surface area contributed by atoms with Gasteiger partial charge >= 0.3 is 12.1 Å². The van der Waals surface area contributed by atoms with Crippen LogP contribution < -0.4 is 5.73 Å². The van der Waals surface area contributed by atoms with E-state index in [1.165, 1.54) is 0 Å². The summed E-state index contributed by atoms with van der Waals surface area (Å²) in [5, 5.41) is 8.77. The van der Waals surface area contributed by atoms with E-state index in [-0.39, 0.29) is 11.8 Å². The Morgan fingerprint density at radius 2 is 1.94 bits per heavy atom. The minimum atomic E-state index is -4.86. The van der Waals surface area contributed by atoms with Crippen LogP contribution in [0.15, 0.2) is 12.6 Å². The molecular formula is C11H8F3NO3. The highest BCUT2D eigenvalue weighted by molar-refractivity contribution is 6.00. The van der Waals surface area contributed by atoms with E-state index in [9.17, 15) is 22.8 Å². The lowest BCUT2D eigenvalue weighted by atomic mass is 9.95. The highest BCUT2D eigenvalue weighted by Gasteiger charge is 2.36. The second kappa shape index (κ2) is 4.52. The normalized spacial score (nSPS) is 11.1. The molecule has 18 heavy (non-hydrogen) atoms. The van der Waals surface area contributed by atoms with E-state index < -0.39 is 34.5 Å². The predicted octanol–water partition coefficient (Wildman–Crippen LogP) is 2.44. The smallest absolute Gasteiger partial charge is 0.417 e. The van der Waals surface area contributed by atoms with Crippen molar-refractivity contribution in [1.29, 1.82) is 0 Å². The molecule has 0 spiro atoms. The van der Waals surface area contributed by atoms with E-state index in [4.69, 9.17) is 10.8 Å². The Balaban J connectivity index is 3.82. The van der Waals surface area contributed by atoms with Crippen molar-refractivity contribution in [3.05, 3.63) is 34.9 Å². The first-order valence-electron chi connectivity index (χ1n) is 4.58. The summed E-state index contributed by atoms with van der Waals surface area (Å²) in [4.78, 5) is 21.5. The summed E-state index contributed by atoms with van der Waals surface area (Å²) in [6, 6.07) is 0.342. The van der Waals surface area contributed by atoms with Crippen LogP contribution in [0, 0.1) is 0 Å². The molecule has 1 aromatic carbocycles. The summed E-state index contributed by atoms with van der Waals surface area (Å²) < 4.78 is 38.1. The number of rotatable bonds is 3. The lowest BCUT2D eigenvalue weighted by Gasteiger charge is -2.15. The second-order valence-corrected chi connectivity index (χ2v) is 3.34. The number of hydrogen-bond donors (Lipinski definition) is 2. The average Bonchev–Trinajstić information content (AvgIpc) is 2.25. The second-order valence-electron chi connectivity index (χ2n) is 3.34. The molecule has 0 aromatic heterocycles. The van der Waals surface area contributed by atoms with Crippen molar-refractivity contribution >= 4 is 24.0 Å². The van der Waals surface area contributed by atoms with Gasteiger partial charge in [0.15, 0.2) is 6.29 Å². The number of carbonyl (C=O) groups is 2. The number of aldehydes is 1. The number of carboxylic acids is 1. The van der Waals surface area contributed by atoms with Crippen LogP contribution in [-0.4, -0.2) is 17.4 Å². The topological polar surface area (TPSA) is 80.4 Å². The molecule has 0 aliphatic heterocycles. The number of benzene rings is 1. The highest BCUT2D eigenvalue weighted by Crippen LogP contribution is 2.36. The number of halogens is 3. The maximum Gasteiger partial charge on any atom is 0.417 e. The number of alkyl halides is 3. The summed E-state index contributed by atoms with van der Waals surface area (Å²) in [5.41, 5.74) is 1.86. The summed E-state index contributed by atoms with van der Waals surface area (Å²) >= 11 is 0. The molecule has 4 nitrogen and oxygen atoms in total.